The van der Waals surface area contributed by atoms with Crippen molar-refractivity contribution >= 4 is 5.91 Å². The van der Waals surface area contributed by atoms with E-state index in [1.165, 1.54) is 11.1 Å². The molecule has 0 bridgehead atoms. The summed E-state index contributed by atoms with van der Waals surface area (Å²) in [7, 11) is 1.68. The van der Waals surface area contributed by atoms with Crippen LogP contribution in [0.3, 0.4) is 0 Å². The van der Waals surface area contributed by atoms with Crippen LogP contribution in [0, 0.1) is 0 Å². The Hall–Kier alpha value is -1.55. The van der Waals surface area contributed by atoms with E-state index in [4.69, 9.17) is 9.84 Å². The third-order valence-electron chi connectivity index (χ3n) is 4.42. The molecular formula is C18H27NO3. The van der Waals surface area contributed by atoms with E-state index in [1.54, 1.807) is 7.11 Å². The first kappa shape index (κ1) is 16.8. The molecule has 1 aliphatic carbocycles. The van der Waals surface area contributed by atoms with Crippen molar-refractivity contribution in [1.29, 1.82) is 0 Å². The molecule has 1 aliphatic rings. The van der Waals surface area contributed by atoms with Crippen molar-refractivity contribution < 1.29 is 14.6 Å². The van der Waals surface area contributed by atoms with Gasteiger partial charge in [-0.15, -0.1) is 0 Å². The number of aliphatic hydroxyl groups is 1. The average Bonchev–Trinajstić information content (AvgIpc) is 2.52. The quantitative estimate of drug-likeness (QED) is 0.814. The van der Waals surface area contributed by atoms with Crippen LogP contribution in [0.15, 0.2) is 18.2 Å². The van der Waals surface area contributed by atoms with Crippen molar-refractivity contribution in [3.8, 4) is 5.75 Å². The molecule has 0 aromatic heterocycles. The molecule has 1 amide bonds. The molecule has 0 heterocycles. The Morgan fingerprint density at radius 3 is 3.05 bits per heavy atom. The van der Waals surface area contributed by atoms with Gasteiger partial charge < -0.3 is 15.2 Å². The highest BCUT2D eigenvalue weighted by Gasteiger charge is 2.23. The van der Waals surface area contributed by atoms with Crippen LogP contribution in [0.1, 0.15) is 56.1 Å². The Bertz CT molecular complexity index is 501. The van der Waals surface area contributed by atoms with Gasteiger partial charge in [-0.25, -0.2) is 0 Å². The van der Waals surface area contributed by atoms with E-state index in [9.17, 15) is 4.79 Å². The number of methoxy groups -OCH3 is 1. The van der Waals surface area contributed by atoms with Gasteiger partial charge in [0.2, 0.25) is 5.91 Å². The lowest BCUT2D eigenvalue weighted by Crippen LogP contribution is -2.34. The average molecular weight is 305 g/mol. The van der Waals surface area contributed by atoms with E-state index in [0.29, 0.717) is 12.3 Å². The number of aryl methyl sites for hydroxylation is 1. The van der Waals surface area contributed by atoms with Crippen LogP contribution in [0.5, 0.6) is 5.75 Å². The molecule has 0 aliphatic heterocycles. The summed E-state index contributed by atoms with van der Waals surface area (Å²) < 4.78 is 5.29. The molecule has 4 heteroatoms. The summed E-state index contributed by atoms with van der Waals surface area (Å²) in [5.74, 6) is 1.31. The maximum absolute atomic E-state index is 12.2. The highest BCUT2D eigenvalue weighted by Crippen LogP contribution is 2.35. The number of hydrogen-bond donors (Lipinski definition) is 2. The van der Waals surface area contributed by atoms with Gasteiger partial charge in [-0.3, -0.25) is 4.79 Å². The minimum absolute atomic E-state index is 0.110. The number of ether oxygens (including phenoxy) is 1. The predicted octanol–water partition coefficient (Wildman–Crippen LogP) is 2.78. The van der Waals surface area contributed by atoms with Crippen LogP contribution in [0.4, 0.5) is 0 Å². The van der Waals surface area contributed by atoms with Crippen molar-refractivity contribution in [2.45, 2.75) is 57.4 Å². The standard InChI is InChI=1S/C18H27NO3/c1-13(5-4-10-20)19-18(21)12-15-7-3-6-14-11-16(22-2)8-9-17(14)15/h8-9,11,13,15,20H,3-7,10,12H2,1-2H3,(H,19,21). The molecule has 0 saturated heterocycles. The van der Waals surface area contributed by atoms with Gasteiger partial charge in [-0.1, -0.05) is 6.07 Å². The highest BCUT2D eigenvalue weighted by atomic mass is 16.5. The number of benzene rings is 1. The summed E-state index contributed by atoms with van der Waals surface area (Å²) in [4.78, 5) is 12.2. The van der Waals surface area contributed by atoms with Crippen LogP contribution >= 0.6 is 0 Å². The molecule has 1 aromatic carbocycles. The lowest BCUT2D eigenvalue weighted by molar-refractivity contribution is -0.122. The molecule has 1 aromatic rings. The van der Waals surface area contributed by atoms with E-state index in [1.807, 2.05) is 13.0 Å². The fourth-order valence-corrected chi connectivity index (χ4v) is 3.26. The number of nitrogens with one attached hydrogen (secondary N) is 1. The number of carbonyl (C=O) groups excluding carboxylic acids is 1. The van der Waals surface area contributed by atoms with Gasteiger partial charge >= 0.3 is 0 Å². The molecule has 2 unspecified atom stereocenters. The van der Waals surface area contributed by atoms with Crippen LogP contribution in [0.25, 0.3) is 0 Å². The van der Waals surface area contributed by atoms with Crippen molar-refractivity contribution in [1.82, 2.24) is 5.32 Å². The first-order chi connectivity index (χ1) is 10.6. The summed E-state index contributed by atoms with van der Waals surface area (Å²) in [5.41, 5.74) is 2.61. The van der Waals surface area contributed by atoms with Crippen molar-refractivity contribution in [3.63, 3.8) is 0 Å². The van der Waals surface area contributed by atoms with E-state index in [2.05, 4.69) is 17.4 Å². The Balaban J connectivity index is 1.95. The Morgan fingerprint density at radius 1 is 1.50 bits per heavy atom. The minimum Gasteiger partial charge on any atom is -0.497 e. The summed E-state index contributed by atoms with van der Waals surface area (Å²) in [6.45, 7) is 2.17. The molecule has 0 radical (unpaired) electrons. The molecule has 122 valence electrons. The van der Waals surface area contributed by atoms with E-state index in [0.717, 1.165) is 37.9 Å². The fraction of sp³-hybridized carbons (Fsp3) is 0.611. The lowest BCUT2D eigenvalue weighted by atomic mass is 9.81. The molecule has 4 nitrogen and oxygen atoms in total. The van der Waals surface area contributed by atoms with Gasteiger partial charge in [-0.05, 0) is 68.2 Å². The zero-order valence-electron chi connectivity index (χ0n) is 13.6. The highest BCUT2D eigenvalue weighted by molar-refractivity contribution is 5.77. The fourth-order valence-electron chi connectivity index (χ4n) is 3.26. The largest absolute Gasteiger partial charge is 0.497 e. The summed E-state index contributed by atoms with van der Waals surface area (Å²) in [6, 6.07) is 6.32. The second kappa shape index (κ2) is 8.18. The monoisotopic (exact) mass is 305 g/mol. The van der Waals surface area contributed by atoms with Gasteiger partial charge in [0.15, 0.2) is 0 Å². The third kappa shape index (κ3) is 4.47. The summed E-state index contributed by atoms with van der Waals surface area (Å²) >= 11 is 0. The van der Waals surface area contributed by atoms with E-state index in [-0.39, 0.29) is 18.6 Å². The van der Waals surface area contributed by atoms with Gasteiger partial charge in [-0.2, -0.15) is 0 Å². The lowest BCUT2D eigenvalue weighted by Gasteiger charge is -2.26. The first-order valence-corrected chi connectivity index (χ1v) is 8.21. The number of fused-ring (bicyclic) bond motifs is 1. The maximum Gasteiger partial charge on any atom is 0.220 e. The number of carbonyl (C=O) groups is 1. The number of amides is 1. The molecule has 2 N–H and O–H groups in total. The zero-order valence-corrected chi connectivity index (χ0v) is 13.6. The minimum atomic E-state index is 0.110. The van der Waals surface area contributed by atoms with Gasteiger partial charge in [0.25, 0.3) is 0 Å². The molecule has 22 heavy (non-hydrogen) atoms. The van der Waals surface area contributed by atoms with Crippen molar-refractivity contribution in [2.24, 2.45) is 0 Å². The Labute approximate surface area is 132 Å². The normalized spacial score (nSPS) is 18.4. The van der Waals surface area contributed by atoms with Gasteiger partial charge in [0, 0.05) is 19.1 Å². The first-order valence-electron chi connectivity index (χ1n) is 8.21. The third-order valence-corrected chi connectivity index (χ3v) is 4.42. The van der Waals surface area contributed by atoms with Crippen molar-refractivity contribution in [2.75, 3.05) is 13.7 Å². The number of rotatable bonds is 7. The van der Waals surface area contributed by atoms with Crippen LogP contribution in [-0.2, 0) is 11.2 Å². The van der Waals surface area contributed by atoms with E-state index < -0.39 is 0 Å². The second-order valence-electron chi connectivity index (χ2n) is 6.19. The van der Waals surface area contributed by atoms with Crippen LogP contribution < -0.4 is 10.1 Å². The Kier molecular flexibility index (Phi) is 6.25. The van der Waals surface area contributed by atoms with Crippen LogP contribution in [0.2, 0.25) is 0 Å². The van der Waals surface area contributed by atoms with Crippen molar-refractivity contribution in [3.05, 3.63) is 29.3 Å². The van der Waals surface area contributed by atoms with Crippen LogP contribution in [-0.4, -0.2) is 30.8 Å². The molecule has 0 saturated carbocycles. The molecule has 0 fully saturated rings. The summed E-state index contributed by atoms with van der Waals surface area (Å²) in [5, 5.41) is 11.9. The topological polar surface area (TPSA) is 58.6 Å². The molecular weight excluding hydrogens is 278 g/mol. The maximum atomic E-state index is 12.2. The zero-order chi connectivity index (χ0) is 15.9. The smallest absolute Gasteiger partial charge is 0.220 e. The van der Waals surface area contributed by atoms with Gasteiger partial charge in [0.1, 0.15) is 5.75 Å². The Morgan fingerprint density at radius 2 is 2.32 bits per heavy atom. The molecule has 2 atom stereocenters. The number of aliphatic hydroxyl groups excluding tert-OH is 1. The molecule has 0 spiro atoms. The number of hydrogen-bond acceptors (Lipinski definition) is 3. The van der Waals surface area contributed by atoms with Gasteiger partial charge in [0.05, 0.1) is 7.11 Å². The second-order valence-corrected chi connectivity index (χ2v) is 6.19. The molecule has 2 rings (SSSR count). The SMILES string of the molecule is COc1ccc2c(c1)CCCC2CC(=O)NC(C)CCCO. The predicted molar refractivity (Wildman–Crippen MR) is 87.2 cm³/mol. The summed E-state index contributed by atoms with van der Waals surface area (Å²) in [6.07, 6.45) is 5.35. The van der Waals surface area contributed by atoms with E-state index >= 15 is 0 Å².